The van der Waals surface area contributed by atoms with Gasteiger partial charge in [0.2, 0.25) is 5.95 Å². The molecule has 0 aliphatic heterocycles. The average Bonchev–Trinajstić information content (AvgIpc) is 2.76. The van der Waals surface area contributed by atoms with Crippen molar-refractivity contribution in [3.8, 4) is 5.69 Å². The van der Waals surface area contributed by atoms with Gasteiger partial charge in [-0.2, -0.15) is 44.6 Å². The number of alkyl halides is 8. The molecule has 126 valence electrons. The Morgan fingerprint density at radius 2 is 1.35 bits per heavy atom. The summed E-state index contributed by atoms with van der Waals surface area (Å²) >= 11 is 0. The number of para-hydroxylation sites is 1. The summed E-state index contributed by atoms with van der Waals surface area (Å²) in [7, 11) is 0. The highest BCUT2D eigenvalue weighted by molar-refractivity contribution is 5.36. The molecule has 0 aliphatic carbocycles. The molecule has 11 heteroatoms. The molecular weight excluding hydrogens is 343 g/mol. The van der Waals surface area contributed by atoms with Crippen molar-refractivity contribution in [3.05, 3.63) is 47.5 Å². The molecule has 0 fully saturated rings. The number of rotatable bonds is 2. The fraction of sp³-hybridized carbons (Fsp3) is 0.250. The zero-order valence-electron chi connectivity index (χ0n) is 10.7. The fourth-order valence-electron chi connectivity index (χ4n) is 1.74. The maximum atomic E-state index is 13.9. The van der Waals surface area contributed by atoms with Crippen LogP contribution in [0.15, 0.2) is 30.3 Å². The number of benzene rings is 1. The summed E-state index contributed by atoms with van der Waals surface area (Å²) in [6.45, 7) is 0. The third kappa shape index (κ3) is 2.86. The highest BCUT2D eigenvalue weighted by atomic mass is 19.4. The predicted molar refractivity (Wildman–Crippen MR) is 58.5 cm³/mol. The molecule has 1 aromatic carbocycles. The Bertz CT molecular complexity index is 698. The van der Waals surface area contributed by atoms with E-state index in [9.17, 15) is 39.5 Å². The smallest absolute Gasteiger partial charge is 0.206 e. The van der Waals surface area contributed by atoms with E-state index in [1.54, 1.807) is 0 Å². The SMILES string of the molecule is Fc1c(C(F)(F)F)c(C(F)(F)C(F)(F)F)nn1-c1ccccc1. The molecule has 1 heterocycles. The van der Waals surface area contributed by atoms with Gasteiger partial charge in [-0.15, -0.1) is 0 Å². The molecule has 2 nitrogen and oxygen atoms in total. The van der Waals surface area contributed by atoms with E-state index in [0.29, 0.717) is 0 Å². The summed E-state index contributed by atoms with van der Waals surface area (Å²) in [6.07, 6.45) is -12.2. The minimum absolute atomic E-state index is 0.252. The summed E-state index contributed by atoms with van der Waals surface area (Å²) in [6, 6.07) is 5.79. The Balaban J connectivity index is 2.78. The molecular formula is C12H5F9N2. The first-order valence-corrected chi connectivity index (χ1v) is 5.73. The van der Waals surface area contributed by atoms with Crippen LogP contribution >= 0.6 is 0 Å². The van der Waals surface area contributed by atoms with Gasteiger partial charge in [0.05, 0.1) is 5.69 Å². The Kier molecular flexibility index (Phi) is 3.86. The second kappa shape index (κ2) is 5.17. The molecule has 0 N–H and O–H groups in total. The van der Waals surface area contributed by atoms with Crippen LogP contribution in [0.2, 0.25) is 0 Å². The first-order valence-electron chi connectivity index (χ1n) is 5.73. The van der Waals surface area contributed by atoms with E-state index in [2.05, 4.69) is 5.10 Å². The molecule has 0 radical (unpaired) electrons. The second-order valence-corrected chi connectivity index (χ2v) is 4.33. The molecule has 0 atom stereocenters. The Morgan fingerprint density at radius 3 is 1.78 bits per heavy atom. The molecule has 0 spiro atoms. The Hall–Kier alpha value is -2.20. The van der Waals surface area contributed by atoms with Gasteiger partial charge in [-0.25, -0.2) is 4.68 Å². The molecule has 0 saturated heterocycles. The van der Waals surface area contributed by atoms with Crippen LogP contribution in [-0.4, -0.2) is 16.0 Å². The van der Waals surface area contributed by atoms with Gasteiger partial charge < -0.3 is 0 Å². The van der Waals surface area contributed by atoms with Crippen molar-refractivity contribution in [3.63, 3.8) is 0 Å². The number of halogens is 9. The van der Waals surface area contributed by atoms with Gasteiger partial charge in [0.1, 0.15) is 5.56 Å². The molecule has 2 aromatic rings. The normalized spacial score (nSPS) is 13.4. The van der Waals surface area contributed by atoms with Crippen LogP contribution in [0.5, 0.6) is 0 Å². The van der Waals surface area contributed by atoms with E-state index in [-0.39, 0.29) is 4.68 Å². The Morgan fingerprint density at radius 1 is 0.826 bits per heavy atom. The largest absolute Gasteiger partial charge is 0.459 e. The van der Waals surface area contributed by atoms with E-state index in [1.807, 2.05) is 0 Å². The zero-order chi connectivity index (χ0) is 17.6. The summed E-state index contributed by atoms with van der Waals surface area (Å²) in [5.41, 5.74) is -5.94. The minimum atomic E-state index is -6.37. The number of hydrogen-bond donors (Lipinski definition) is 0. The zero-order valence-corrected chi connectivity index (χ0v) is 10.7. The van der Waals surface area contributed by atoms with Crippen LogP contribution in [0, 0.1) is 5.95 Å². The third-order valence-corrected chi connectivity index (χ3v) is 2.77. The molecule has 1 aromatic heterocycles. The van der Waals surface area contributed by atoms with Crippen molar-refractivity contribution >= 4 is 0 Å². The summed E-state index contributed by atoms with van der Waals surface area (Å²) in [4.78, 5) is 0. The maximum absolute atomic E-state index is 13.9. The quantitative estimate of drug-likeness (QED) is 0.721. The lowest BCUT2D eigenvalue weighted by atomic mass is 10.1. The first kappa shape index (κ1) is 17.2. The first-order chi connectivity index (χ1) is 10.4. The van der Waals surface area contributed by atoms with Crippen molar-refractivity contribution in [1.82, 2.24) is 9.78 Å². The summed E-state index contributed by atoms with van der Waals surface area (Å²) in [5, 5.41) is 2.54. The average molecular weight is 348 g/mol. The lowest BCUT2D eigenvalue weighted by Crippen LogP contribution is -2.36. The van der Waals surface area contributed by atoms with E-state index >= 15 is 0 Å². The van der Waals surface area contributed by atoms with Crippen molar-refractivity contribution in [1.29, 1.82) is 0 Å². The van der Waals surface area contributed by atoms with Crippen molar-refractivity contribution in [2.75, 3.05) is 0 Å². The van der Waals surface area contributed by atoms with Gasteiger partial charge in [-0.05, 0) is 12.1 Å². The van der Waals surface area contributed by atoms with Crippen LogP contribution in [0.3, 0.4) is 0 Å². The molecule has 2 rings (SSSR count). The topological polar surface area (TPSA) is 17.8 Å². The van der Waals surface area contributed by atoms with E-state index in [1.165, 1.54) is 18.2 Å². The van der Waals surface area contributed by atoms with Gasteiger partial charge >= 0.3 is 18.3 Å². The summed E-state index contributed by atoms with van der Waals surface area (Å²) in [5.74, 6) is -8.33. The van der Waals surface area contributed by atoms with Crippen molar-refractivity contribution < 1.29 is 39.5 Å². The van der Waals surface area contributed by atoms with Gasteiger partial charge in [-0.3, -0.25) is 0 Å². The molecule has 0 amide bonds. The fourth-order valence-corrected chi connectivity index (χ4v) is 1.74. The van der Waals surface area contributed by atoms with Crippen LogP contribution in [0.4, 0.5) is 39.5 Å². The molecule has 0 saturated carbocycles. The van der Waals surface area contributed by atoms with Crippen LogP contribution in [-0.2, 0) is 12.1 Å². The predicted octanol–water partition coefficient (Wildman–Crippen LogP) is 4.68. The monoisotopic (exact) mass is 348 g/mol. The number of hydrogen-bond acceptors (Lipinski definition) is 1. The standard InChI is InChI=1S/C12H5F9N2/c13-9-7(11(16,17)18)8(10(14,15)12(19,20)21)22-23(9)6-4-2-1-3-5-6/h1-5H. The highest BCUT2D eigenvalue weighted by Crippen LogP contribution is 2.48. The summed E-state index contributed by atoms with van der Waals surface area (Å²) < 4.78 is 116. The molecule has 23 heavy (non-hydrogen) atoms. The van der Waals surface area contributed by atoms with Crippen LogP contribution < -0.4 is 0 Å². The van der Waals surface area contributed by atoms with Gasteiger partial charge in [0.15, 0.2) is 5.69 Å². The second-order valence-electron chi connectivity index (χ2n) is 4.33. The van der Waals surface area contributed by atoms with Crippen molar-refractivity contribution in [2.24, 2.45) is 0 Å². The van der Waals surface area contributed by atoms with Gasteiger partial charge in [0, 0.05) is 0 Å². The highest BCUT2D eigenvalue weighted by Gasteiger charge is 2.64. The lowest BCUT2D eigenvalue weighted by molar-refractivity contribution is -0.292. The lowest BCUT2D eigenvalue weighted by Gasteiger charge is -2.19. The maximum Gasteiger partial charge on any atom is 0.459 e. The third-order valence-electron chi connectivity index (χ3n) is 2.77. The van der Waals surface area contributed by atoms with E-state index in [0.717, 1.165) is 12.1 Å². The minimum Gasteiger partial charge on any atom is -0.206 e. The van der Waals surface area contributed by atoms with Crippen molar-refractivity contribution in [2.45, 2.75) is 18.3 Å². The molecule has 0 unspecified atom stereocenters. The van der Waals surface area contributed by atoms with Crippen LogP contribution in [0.1, 0.15) is 11.3 Å². The van der Waals surface area contributed by atoms with E-state index < -0.39 is 41.2 Å². The number of aromatic nitrogens is 2. The number of nitrogens with zero attached hydrogens (tertiary/aromatic N) is 2. The van der Waals surface area contributed by atoms with E-state index in [4.69, 9.17) is 0 Å². The van der Waals surface area contributed by atoms with Gasteiger partial charge in [-0.1, -0.05) is 18.2 Å². The molecule has 0 bridgehead atoms. The van der Waals surface area contributed by atoms with Crippen LogP contribution in [0.25, 0.3) is 5.69 Å². The Labute approximate surface area is 122 Å². The molecule has 0 aliphatic rings. The van der Waals surface area contributed by atoms with Gasteiger partial charge in [0.25, 0.3) is 0 Å².